The van der Waals surface area contributed by atoms with Gasteiger partial charge in [-0.15, -0.1) is 11.3 Å². The van der Waals surface area contributed by atoms with Crippen LogP contribution in [0.2, 0.25) is 0 Å². The van der Waals surface area contributed by atoms with Crippen molar-refractivity contribution in [3.63, 3.8) is 0 Å². The Balaban J connectivity index is 1.80. The van der Waals surface area contributed by atoms with E-state index in [2.05, 4.69) is 5.32 Å². The summed E-state index contributed by atoms with van der Waals surface area (Å²) in [7, 11) is 0. The quantitative estimate of drug-likeness (QED) is 0.702. The van der Waals surface area contributed by atoms with E-state index in [1.807, 2.05) is 6.07 Å². The molecule has 5 heteroatoms. The molecule has 16 heavy (non-hydrogen) atoms. The maximum Gasteiger partial charge on any atom is 0.346 e. The molecule has 1 aromatic rings. The van der Waals surface area contributed by atoms with Crippen LogP contribution in [0.4, 0.5) is 0 Å². The monoisotopic (exact) mass is 241 g/mol. The molecule has 2 rings (SSSR count). The number of carboxylic acid groups (broad SMARTS) is 1. The summed E-state index contributed by atoms with van der Waals surface area (Å²) in [6.07, 6.45) is 1.94. The maximum absolute atomic E-state index is 10.8. The Kier molecular flexibility index (Phi) is 3.58. The lowest BCUT2D eigenvalue weighted by Gasteiger charge is -2.10. The molecule has 1 aliphatic rings. The SMILES string of the molecule is O=C(O)c1sccc1CNCC(O)C1CC1. The highest BCUT2D eigenvalue weighted by Crippen LogP contribution is 2.32. The first-order valence-corrected chi connectivity index (χ1v) is 6.25. The predicted octanol–water partition coefficient (Wildman–Crippen LogP) is 1.31. The third kappa shape index (κ3) is 2.81. The molecule has 0 bridgehead atoms. The van der Waals surface area contributed by atoms with E-state index < -0.39 is 5.97 Å². The van der Waals surface area contributed by atoms with Crippen molar-refractivity contribution in [2.24, 2.45) is 5.92 Å². The molecular formula is C11H15NO3S. The number of thiophene rings is 1. The minimum absolute atomic E-state index is 0.285. The van der Waals surface area contributed by atoms with Gasteiger partial charge in [0.2, 0.25) is 0 Å². The van der Waals surface area contributed by atoms with Crippen molar-refractivity contribution in [1.29, 1.82) is 0 Å². The van der Waals surface area contributed by atoms with Crippen LogP contribution in [0.3, 0.4) is 0 Å². The molecule has 0 saturated heterocycles. The van der Waals surface area contributed by atoms with E-state index in [0.29, 0.717) is 23.9 Å². The van der Waals surface area contributed by atoms with E-state index in [0.717, 1.165) is 18.4 Å². The molecule has 88 valence electrons. The first-order valence-electron chi connectivity index (χ1n) is 5.37. The Hall–Kier alpha value is -0.910. The number of nitrogens with one attached hydrogen (secondary N) is 1. The Morgan fingerprint density at radius 3 is 3.00 bits per heavy atom. The van der Waals surface area contributed by atoms with Crippen LogP contribution in [0.25, 0.3) is 0 Å². The van der Waals surface area contributed by atoms with Gasteiger partial charge in [-0.25, -0.2) is 4.79 Å². The summed E-state index contributed by atoms with van der Waals surface area (Å²) in [5.41, 5.74) is 0.792. The Morgan fingerprint density at radius 2 is 2.38 bits per heavy atom. The number of hydrogen-bond donors (Lipinski definition) is 3. The Morgan fingerprint density at radius 1 is 1.62 bits per heavy atom. The highest BCUT2D eigenvalue weighted by molar-refractivity contribution is 7.12. The van der Waals surface area contributed by atoms with E-state index >= 15 is 0 Å². The number of aromatic carboxylic acids is 1. The molecule has 0 amide bonds. The summed E-state index contributed by atoms with van der Waals surface area (Å²) in [4.78, 5) is 11.2. The van der Waals surface area contributed by atoms with Gasteiger partial charge in [0.25, 0.3) is 0 Å². The highest BCUT2D eigenvalue weighted by Gasteiger charge is 2.29. The summed E-state index contributed by atoms with van der Waals surface area (Å²) >= 11 is 1.23. The van der Waals surface area contributed by atoms with Gasteiger partial charge in [-0.2, -0.15) is 0 Å². The molecule has 1 aliphatic carbocycles. The lowest BCUT2D eigenvalue weighted by atomic mass is 10.2. The van der Waals surface area contributed by atoms with Crippen LogP contribution >= 0.6 is 11.3 Å². The van der Waals surface area contributed by atoms with Gasteiger partial charge in [-0.1, -0.05) is 0 Å². The zero-order valence-electron chi connectivity index (χ0n) is 8.85. The number of carbonyl (C=O) groups is 1. The molecule has 0 radical (unpaired) electrons. The van der Waals surface area contributed by atoms with Crippen LogP contribution in [-0.4, -0.2) is 28.8 Å². The minimum atomic E-state index is -0.880. The second-order valence-electron chi connectivity index (χ2n) is 4.12. The number of hydrogen-bond acceptors (Lipinski definition) is 4. The predicted molar refractivity (Wildman–Crippen MR) is 61.7 cm³/mol. The minimum Gasteiger partial charge on any atom is -0.477 e. The second-order valence-corrected chi connectivity index (χ2v) is 5.03. The van der Waals surface area contributed by atoms with Crippen molar-refractivity contribution >= 4 is 17.3 Å². The summed E-state index contributed by atoms with van der Waals surface area (Å²) in [6.45, 7) is 1.05. The molecule has 1 heterocycles. The summed E-state index contributed by atoms with van der Waals surface area (Å²) in [5.74, 6) is -0.427. The van der Waals surface area contributed by atoms with Gasteiger partial charge in [0, 0.05) is 13.1 Å². The van der Waals surface area contributed by atoms with E-state index in [9.17, 15) is 9.90 Å². The molecule has 4 nitrogen and oxygen atoms in total. The molecule has 1 atom stereocenters. The van der Waals surface area contributed by atoms with Gasteiger partial charge in [-0.05, 0) is 35.8 Å². The van der Waals surface area contributed by atoms with Crippen molar-refractivity contribution in [1.82, 2.24) is 5.32 Å². The van der Waals surface area contributed by atoms with Crippen molar-refractivity contribution in [3.8, 4) is 0 Å². The van der Waals surface area contributed by atoms with Crippen LogP contribution in [0.15, 0.2) is 11.4 Å². The maximum atomic E-state index is 10.8. The van der Waals surface area contributed by atoms with Crippen LogP contribution in [0.1, 0.15) is 28.1 Å². The summed E-state index contributed by atoms with van der Waals surface area (Å²) in [5, 5.41) is 23.4. The Bertz CT molecular complexity index is 373. The smallest absolute Gasteiger partial charge is 0.346 e. The topological polar surface area (TPSA) is 69.6 Å². The molecule has 0 aromatic carbocycles. The standard InChI is InChI=1S/C11H15NO3S/c13-9(7-1-2-7)6-12-5-8-3-4-16-10(8)11(14)15/h3-4,7,9,12-13H,1-2,5-6H2,(H,14,15). The van der Waals surface area contributed by atoms with Crippen LogP contribution in [0.5, 0.6) is 0 Å². The van der Waals surface area contributed by atoms with E-state index in [1.165, 1.54) is 11.3 Å². The van der Waals surface area contributed by atoms with E-state index in [-0.39, 0.29) is 6.10 Å². The van der Waals surface area contributed by atoms with E-state index in [4.69, 9.17) is 5.11 Å². The van der Waals surface area contributed by atoms with Crippen molar-refractivity contribution in [2.75, 3.05) is 6.54 Å². The largest absolute Gasteiger partial charge is 0.477 e. The van der Waals surface area contributed by atoms with Gasteiger partial charge >= 0.3 is 5.97 Å². The zero-order chi connectivity index (χ0) is 11.5. The average Bonchev–Trinajstić information content (AvgIpc) is 2.98. The first kappa shape index (κ1) is 11.6. The lowest BCUT2D eigenvalue weighted by molar-refractivity contribution is 0.0701. The molecular weight excluding hydrogens is 226 g/mol. The number of rotatable bonds is 6. The summed E-state index contributed by atoms with van der Waals surface area (Å²) < 4.78 is 0. The first-order chi connectivity index (χ1) is 7.68. The fourth-order valence-electron chi connectivity index (χ4n) is 1.66. The molecule has 0 spiro atoms. The van der Waals surface area contributed by atoms with Gasteiger partial charge in [0.1, 0.15) is 4.88 Å². The van der Waals surface area contributed by atoms with Crippen molar-refractivity contribution in [2.45, 2.75) is 25.5 Å². The fraction of sp³-hybridized carbons (Fsp3) is 0.545. The molecule has 1 unspecified atom stereocenters. The normalized spacial score (nSPS) is 17.3. The van der Waals surface area contributed by atoms with Crippen LogP contribution < -0.4 is 5.32 Å². The molecule has 3 N–H and O–H groups in total. The highest BCUT2D eigenvalue weighted by atomic mass is 32.1. The van der Waals surface area contributed by atoms with Crippen LogP contribution in [-0.2, 0) is 6.54 Å². The number of aliphatic hydroxyl groups excluding tert-OH is 1. The van der Waals surface area contributed by atoms with Crippen molar-refractivity contribution in [3.05, 3.63) is 21.9 Å². The number of aliphatic hydroxyl groups is 1. The Labute approximate surface area is 97.9 Å². The second kappa shape index (κ2) is 4.95. The summed E-state index contributed by atoms with van der Waals surface area (Å²) in [6, 6.07) is 1.81. The van der Waals surface area contributed by atoms with Gasteiger partial charge in [-0.3, -0.25) is 0 Å². The van der Waals surface area contributed by atoms with Gasteiger partial charge in [0.15, 0.2) is 0 Å². The van der Waals surface area contributed by atoms with Gasteiger partial charge in [0.05, 0.1) is 6.10 Å². The third-order valence-electron chi connectivity index (χ3n) is 2.78. The lowest BCUT2D eigenvalue weighted by Crippen LogP contribution is -2.28. The molecule has 1 aromatic heterocycles. The average molecular weight is 241 g/mol. The third-order valence-corrected chi connectivity index (χ3v) is 3.72. The molecule has 1 saturated carbocycles. The molecule has 1 fully saturated rings. The zero-order valence-corrected chi connectivity index (χ0v) is 9.67. The van der Waals surface area contributed by atoms with Crippen LogP contribution in [0, 0.1) is 5.92 Å². The number of carboxylic acids is 1. The molecule has 0 aliphatic heterocycles. The van der Waals surface area contributed by atoms with Crippen molar-refractivity contribution < 1.29 is 15.0 Å². The fourth-order valence-corrected chi connectivity index (χ4v) is 2.43. The van der Waals surface area contributed by atoms with E-state index in [1.54, 1.807) is 5.38 Å². The van der Waals surface area contributed by atoms with Gasteiger partial charge < -0.3 is 15.5 Å².